The van der Waals surface area contributed by atoms with Crippen molar-refractivity contribution in [3.63, 3.8) is 0 Å². The molecule has 0 radical (unpaired) electrons. The van der Waals surface area contributed by atoms with Crippen molar-refractivity contribution in [3.05, 3.63) is 70.3 Å². The number of hydrogen-bond acceptors (Lipinski definition) is 5. The third-order valence-corrected chi connectivity index (χ3v) is 3.90. The van der Waals surface area contributed by atoms with Gasteiger partial charge < -0.3 is 14.5 Å². The van der Waals surface area contributed by atoms with Crippen LogP contribution < -0.4 is 15.7 Å². The fraction of sp³-hybridized carbons (Fsp3) is 0.250. The molecule has 1 N–H and O–H groups in total. The molecule has 2 heterocycles. The molecule has 26 heavy (non-hydrogen) atoms. The van der Waals surface area contributed by atoms with Crippen LogP contribution in [-0.2, 0) is 17.8 Å². The summed E-state index contributed by atoms with van der Waals surface area (Å²) < 4.78 is 10.8. The Morgan fingerprint density at radius 3 is 2.92 bits per heavy atom. The second kappa shape index (κ2) is 8.29. The van der Waals surface area contributed by atoms with Gasteiger partial charge in [0.15, 0.2) is 6.61 Å². The Balaban J connectivity index is 1.63. The smallest absolute Gasteiger partial charge is 0.336 e. The average molecular weight is 352 g/mol. The second-order valence-electron chi connectivity index (χ2n) is 5.93. The number of amides is 1. The normalized spacial score (nSPS) is 10.7. The highest BCUT2D eigenvalue weighted by Gasteiger charge is 2.08. The highest BCUT2D eigenvalue weighted by Crippen LogP contribution is 2.23. The lowest BCUT2D eigenvalue weighted by Gasteiger charge is -2.09. The number of ether oxygens (including phenoxy) is 1. The van der Waals surface area contributed by atoms with E-state index in [1.54, 1.807) is 24.5 Å². The lowest BCUT2D eigenvalue weighted by molar-refractivity contribution is -0.123. The zero-order chi connectivity index (χ0) is 18.4. The third kappa shape index (κ3) is 4.47. The molecule has 0 aliphatic carbocycles. The van der Waals surface area contributed by atoms with E-state index < -0.39 is 0 Å². The standard InChI is InChI=1S/C20H20N2O4/c1-2-4-15-9-20(24)26-18-10-16(6-7-17(15)18)25-13-19(23)22-12-14-5-3-8-21-11-14/h3,5-11H,2,4,12-13H2,1H3,(H,22,23). The van der Waals surface area contributed by atoms with E-state index in [1.165, 1.54) is 6.07 Å². The van der Waals surface area contributed by atoms with Crippen LogP contribution in [0.2, 0.25) is 0 Å². The van der Waals surface area contributed by atoms with Crippen molar-refractivity contribution < 1.29 is 13.9 Å². The molecular weight excluding hydrogens is 332 g/mol. The van der Waals surface area contributed by atoms with Gasteiger partial charge in [-0.25, -0.2) is 4.79 Å². The van der Waals surface area contributed by atoms with Gasteiger partial charge in [0, 0.05) is 36.5 Å². The molecule has 2 aromatic heterocycles. The number of pyridine rings is 1. The van der Waals surface area contributed by atoms with Gasteiger partial charge in [-0.1, -0.05) is 19.4 Å². The molecule has 1 amide bonds. The van der Waals surface area contributed by atoms with Crippen molar-refractivity contribution in [3.8, 4) is 5.75 Å². The molecule has 0 fully saturated rings. The van der Waals surface area contributed by atoms with Gasteiger partial charge in [-0.15, -0.1) is 0 Å². The van der Waals surface area contributed by atoms with Gasteiger partial charge >= 0.3 is 5.63 Å². The average Bonchev–Trinajstić information content (AvgIpc) is 2.65. The number of aromatic nitrogens is 1. The van der Waals surface area contributed by atoms with Gasteiger partial charge in [0.05, 0.1) is 0 Å². The van der Waals surface area contributed by atoms with E-state index in [4.69, 9.17) is 9.15 Å². The number of hydrogen-bond donors (Lipinski definition) is 1. The van der Waals surface area contributed by atoms with E-state index in [1.807, 2.05) is 18.2 Å². The summed E-state index contributed by atoms with van der Waals surface area (Å²) >= 11 is 0. The molecule has 3 aromatic rings. The number of fused-ring (bicyclic) bond motifs is 1. The first-order valence-electron chi connectivity index (χ1n) is 8.51. The van der Waals surface area contributed by atoms with Crippen LogP contribution in [0.4, 0.5) is 0 Å². The zero-order valence-corrected chi connectivity index (χ0v) is 14.5. The molecule has 3 rings (SSSR count). The van der Waals surface area contributed by atoms with Gasteiger partial charge in [-0.3, -0.25) is 9.78 Å². The van der Waals surface area contributed by atoms with Crippen LogP contribution in [0, 0.1) is 0 Å². The number of aryl methyl sites for hydroxylation is 1. The first-order chi connectivity index (χ1) is 12.7. The summed E-state index contributed by atoms with van der Waals surface area (Å²) in [5.41, 5.74) is 1.96. The summed E-state index contributed by atoms with van der Waals surface area (Å²) in [5.74, 6) is 0.237. The Morgan fingerprint density at radius 1 is 1.27 bits per heavy atom. The molecule has 6 heteroatoms. The van der Waals surface area contributed by atoms with Crippen molar-refractivity contribution in [2.45, 2.75) is 26.3 Å². The van der Waals surface area contributed by atoms with Crippen molar-refractivity contribution in [2.24, 2.45) is 0 Å². The third-order valence-electron chi connectivity index (χ3n) is 3.90. The molecule has 0 unspecified atom stereocenters. The first-order valence-corrected chi connectivity index (χ1v) is 8.51. The Hall–Kier alpha value is -3.15. The largest absolute Gasteiger partial charge is 0.484 e. The number of benzene rings is 1. The number of nitrogens with one attached hydrogen (secondary N) is 1. The first kappa shape index (κ1) is 17.7. The molecule has 0 saturated heterocycles. The summed E-state index contributed by atoms with van der Waals surface area (Å²) in [6.07, 6.45) is 5.12. The molecule has 0 atom stereocenters. The number of carbonyl (C=O) groups is 1. The van der Waals surface area contributed by atoms with Crippen LogP contribution in [0.5, 0.6) is 5.75 Å². The van der Waals surface area contributed by atoms with Gasteiger partial charge in [0.25, 0.3) is 5.91 Å². The summed E-state index contributed by atoms with van der Waals surface area (Å²) in [5, 5.41) is 3.65. The van der Waals surface area contributed by atoms with Crippen LogP contribution in [0.1, 0.15) is 24.5 Å². The predicted octanol–water partition coefficient (Wildman–Crippen LogP) is 2.84. The molecule has 0 aliphatic rings. The van der Waals surface area contributed by atoms with Crippen molar-refractivity contribution in [2.75, 3.05) is 6.61 Å². The van der Waals surface area contributed by atoms with E-state index in [9.17, 15) is 9.59 Å². The quantitative estimate of drug-likeness (QED) is 0.661. The maximum Gasteiger partial charge on any atom is 0.336 e. The summed E-state index contributed by atoms with van der Waals surface area (Å²) in [6, 6.07) is 10.5. The van der Waals surface area contributed by atoms with Gasteiger partial charge in [0.1, 0.15) is 11.3 Å². The molecule has 0 bridgehead atoms. The summed E-state index contributed by atoms with van der Waals surface area (Å²) in [6.45, 7) is 2.33. The monoisotopic (exact) mass is 352 g/mol. The predicted molar refractivity (Wildman–Crippen MR) is 98.1 cm³/mol. The van der Waals surface area contributed by atoms with Crippen molar-refractivity contribution >= 4 is 16.9 Å². The zero-order valence-electron chi connectivity index (χ0n) is 14.5. The fourth-order valence-corrected chi connectivity index (χ4v) is 2.68. The molecule has 0 saturated carbocycles. The Labute approximate surface area is 150 Å². The van der Waals surface area contributed by atoms with Crippen LogP contribution in [0.3, 0.4) is 0 Å². The van der Waals surface area contributed by atoms with Gasteiger partial charge in [-0.05, 0) is 35.7 Å². The highest BCUT2D eigenvalue weighted by molar-refractivity contribution is 5.82. The molecule has 0 spiro atoms. The number of rotatable bonds is 7. The van der Waals surface area contributed by atoms with E-state index >= 15 is 0 Å². The van der Waals surface area contributed by atoms with Gasteiger partial charge in [-0.2, -0.15) is 0 Å². The van der Waals surface area contributed by atoms with E-state index in [0.29, 0.717) is 17.9 Å². The number of nitrogens with zero attached hydrogens (tertiary/aromatic N) is 1. The minimum absolute atomic E-state index is 0.120. The van der Waals surface area contributed by atoms with Crippen molar-refractivity contribution in [1.29, 1.82) is 0 Å². The fourth-order valence-electron chi connectivity index (χ4n) is 2.68. The van der Waals surface area contributed by atoms with Crippen LogP contribution in [0.15, 0.2) is 58.0 Å². The van der Waals surface area contributed by atoms with E-state index in [-0.39, 0.29) is 18.1 Å². The Morgan fingerprint density at radius 2 is 2.15 bits per heavy atom. The maximum atomic E-state index is 11.9. The van der Waals surface area contributed by atoms with Crippen LogP contribution >= 0.6 is 0 Å². The summed E-state index contributed by atoms with van der Waals surface area (Å²) in [7, 11) is 0. The van der Waals surface area contributed by atoms with Crippen LogP contribution in [-0.4, -0.2) is 17.5 Å². The topological polar surface area (TPSA) is 81.4 Å². The van der Waals surface area contributed by atoms with E-state index in [2.05, 4.69) is 17.2 Å². The second-order valence-corrected chi connectivity index (χ2v) is 5.93. The highest BCUT2D eigenvalue weighted by atomic mass is 16.5. The lowest BCUT2D eigenvalue weighted by atomic mass is 10.1. The molecule has 1 aromatic carbocycles. The number of carbonyl (C=O) groups excluding carboxylic acids is 1. The molecule has 6 nitrogen and oxygen atoms in total. The van der Waals surface area contributed by atoms with Crippen LogP contribution in [0.25, 0.3) is 11.0 Å². The molecule has 0 aliphatic heterocycles. The minimum atomic E-state index is -0.382. The van der Waals surface area contributed by atoms with Gasteiger partial charge in [0.2, 0.25) is 0 Å². The Bertz CT molecular complexity index is 951. The lowest BCUT2D eigenvalue weighted by Crippen LogP contribution is -2.28. The Kier molecular flexibility index (Phi) is 5.63. The molecular formula is C20H20N2O4. The summed E-state index contributed by atoms with van der Waals surface area (Å²) in [4.78, 5) is 27.6. The minimum Gasteiger partial charge on any atom is -0.484 e. The SMILES string of the molecule is CCCc1cc(=O)oc2cc(OCC(=O)NCc3cccnc3)ccc12. The van der Waals surface area contributed by atoms with Crippen molar-refractivity contribution in [1.82, 2.24) is 10.3 Å². The van der Waals surface area contributed by atoms with E-state index in [0.717, 1.165) is 29.4 Å². The maximum absolute atomic E-state index is 11.9. The molecule has 134 valence electrons.